The second-order valence-electron chi connectivity index (χ2n) is 4.33. The molecule has 0 unspecified atom stereocenters. The molecule has 2 aromatic rings. The van der Waals surface area contributed by atoms with Crippen LogP contribution in [-0.4, -0.2) is 18.4 Å². The second kappa shape index (κ2) is 7.82. The van der Waals surface area contributed by atoms with Gasteiger partial charge in [0.2, 0.25) is 0 Å². The quantitative estimate of drug-likeness (QED) is 0.823. The van der Waals surface area contributed by atoms with Crippen molar-refractivity contribution in [2.75, 3.05) is 11.9 Å². The monoisotopic (exact) mass is 338 g/mol. The first kappa shape index (κ1) is 16.3. The lowest BCUT2D eigenvalue weighted by Crippen LogP contribution is -2.34. The smallest absolute Gasteiger partial charge is 0.313 e. The Labute approximate surface area is 137 Å². The highest BCUT2D eigenvalue weighted by molar-refractivity contribution is 7.08. The Balaban J connectivity index is 1.94. The van der Waals surface area contributed by atoms with Crippen LogP contribution >= 0.6 is 22.9 Å². The average molecular weight is 339 g/mol. The summed E-state index contributed by atoms with van der Waals surface area (Å²) in [4.78, 5) is 23.5. The number of carbonyl (C=O) groups is 2. The van der Waals surface area contributed by atoms with Crippen molar-refractivity contribution < 1.29 is 14.3 Å². The van der Waals surface area contributed by atoms with Gasteiger partial charge in [-0.05, 0) is 30.5 Å². The topological polar surface area (TPSA) is 67.4 Å². The number of hydrogen-bond acceptors (Lipinski definition) is 4. The molecule has 0 radical (unpaired) electrons. The number of ether oxygens (including phenoxy) is 1. The Morgan fingerprint density at radius 1 is 1.27 bits per heavy atom. The number of amides is 2. The van der Waals surface area contributed by atoms with Crippen LogP contribution in [0.2, 0.25) is 5.02 Å². The summed E-state index contributed by atoms with van der Waals surface area (Å²) < 4.78 is 5.46. The summed E-state index contributed by atoms with van der Waals surface area (Å²) in [6, 6.07) is 6.86. The lowest BCUT2D eigenvalue weighted by molar-refractivity contribution is -0.136. The standard InChI is InChI=1S/C15H15ClN2O3S/c1-2-21-13-7-11(16)4-3-10(13)8-17-14(19)15(20)18-12-5-6-22-9-12/h3-7,9H,2,8H2,1H3,(H,17,19)(H,18,20). The molecule has 0 atom stereocenters. The Morgan fingerprint density at radius 2 is 2.09 bits per heavy atom. The molecule has 0 bridgehead atoms. The highest BCUT2D eigenvalue weighted by atomic mass is 35.5. The lowest BCUT2D eigenvalue weighted by atomic mass is 10.2. The summed E-state index contributed by atoms with van der Waals surface area (Å²) >= 11 is 7.35. The van der Waals surface area contributed by atoms with Crippen molar-refractivity contribution in [2.45, 2.75) is 13.5 Å². The number of hydrogen-bond donors (Lipinski definition) is 2. The van der Waals surface area contributed by atoms with E-state index in [1.165, 1.54) is 11.3 Å². The van der Waals surface area contributed by atoms with Gasteiger partial charge >= 0.3 is 11.8 Å². The SMILES string of the molecule is CCOc1cc(Cl)ccc1CNC(=O)C(=O)Nc1ccsc1. The largest absolute Gasteiger partial charge is 0.493 e. The van der Waals surface area contributed by atoms with Crippen molar-refractivity contribution in [2.24, 2.45) is 0 Å². The highest BCUT2D eigenvalue weighted by Crippen LogP contribution is 2.23. The molecule has 0 saturated heterocycles. The van der Waals surface area contributed by atoms with E-state index in [0.717, 1.165) is 5.56 Å². The summed E-state index contributed by atoms with van der Waals surface area (Å²) in [6.45, 7) is 2.53. The van der Waals surface area contributed by atoms with E-state index in [-0.39, 0.29) is 6.54 Å². The molecule has 1 aromatic carbocycles. The Kier molecular flexibility index (Phi) is 5.80. The van der Waals surface area contributed by atoms with Crippen LogP contribution in [-0.2, 0) is 16.1 Å². The zero-order chi connectivity index (χ0) is 15.9. The third-order valence-corrected chi connectivity index (χ3v) is 3.67. The number of benzene rings is 1. The van der Waals surface area contributed by atoms with Crippen LogP contribution in [0.1, 0.15) is 12.5 Å². The molecular weight excluding hydrogens is 324 g/mol. The van der Waals surface area contributed by atoms with E-state index in [9.17, 15) is 9.59 Å². The second-order valence-corrected chi connectivity index (χ2v) is 5.55. The summed E-state index contributed by atoms with van der Waals surface area (Å²) in [7, 11) is 0. The normalized spacial score (nSPS) is 10.1. The molecule has 2 N–H and O–H groups in total. The Morgan fingerprint density at radius 3 is 2.77 bits per heavy atom. The fourth-order valence-corrected chi connectivity index (χ4v) is 2.49. The number of nitrogens with one attached hydrogen (secondary N) is 2. The van der Waals surface area contributed by atoms with Gasteiger partial charge in [-0.3, -0.25) is 9.59 Å². The molecule has 2 rings (SSSR count). The predicted molar refractivity (Wildman–Crippen MR) is 87.4 cm³/mol. The molecule has 0 aliphatic heterocycles. The lowest BCUT2D eigenvalue weighted by Gasteiger charge is -2.11. The summed E-state index contributed by atoms with van der Waals surface area (Å²) in [5, 5.41) is 9.19. The first-order chi connectivity index (χ1) is 10.6. The van der Waals surface area contributed by atoms with E-state index < -0.39 is 11.8 Å². The average Bonchev–Trinajstić information content (AvgIpc) is 2.99. The number of thiophene rings is 1. The minimum Gasteiger partial charge on any atom is -0.493 e. The van der Waals surface area contributed by atoms with E-state index in [1.54, 1.807) is 29.6 Å². The summed E-state index contributed by atoms with van der Waals surface area (Å²) in [6.07, 6.45) is 0. The minimum absolute atomic E-state index is 0.183. The van der Waals surface area contributed by atoms with E-state index in [2.05, 4.69) is 10.6 Å². The van der Waals surface area contributed by atoms with Crippen molar-refractivity contribution in [3.8, 4) is 5.75 Å². The molecular formula is C15H15ClN2O3S. The Hall–Kier alpha value is -2.05. The number of rotatable bonds is 5. The zero-order valence-corrected chi connectivity index (χ0v) is 13.5. The van der Waals surface area contributed by atoms with Crippen molar-refractivity contribution >= 4 is 40.4 Å². The fraction of sp³-hybridized carbons (Fsp3) is 0.200. The van der Waals surface area contributed by atoms with Gasteiger partial charge in [-0.2, -0.15) is 11.3 Å². The van der Waals surface area contributed by atoms with Crippen molar-refractivity contribution in [3.63, 3.8) is 0 Å². The maximum atomic E-state index is 11.8. The maximum Gasteiger partial charge on any atom is 0.313 e. The third-order valence-electron chi connectivity index (χ3n) is 2.75. The molecule has 0 fully saturated rings. The van der Waals surface area contributed by atoms with Crippen molar-refractivity contribution in [1.82, 2.24) is 5.32 Å². The van der Waals surface area contributed by atoms with E-state index in [0.29, 0.717) is 23.1 Å². The van der Waals surface area contributed by atoms with Gasteiger partial charge in [-0.1, -0.05) is 17.7 Å². The van der Waals surface area contributed by atoms with Crippen LogP contribution in [0.4, 0.5) is 5.69 Å². The summed E-state index contributed by atoms with van der Waals surface area (Å²) in [5.41, 5.74) is 1.36. The van der Waals surface area contributed by atoms with Crippen LogP contribution < -0.4 is 15.4 Å². The van der Waals surface area contributed by atoms with Gasteiger partial charge in [0.1, 0.15) is 5.75 Å². The molecule has 0 aliphatic carbocycles. The number of halogens is 1. The first-order valence-electron chi connectivity index (χ1n) is 6.62. The Bertz CT molecular complexity index is 659. The summed E-state index contributed by atoms with van der Waals surface area (Å²) in [5.74, 6) is -0.817. The predicted octanol–water partition coefficient (Wildman–Crippen LogP) is 3.06. The van der Waals surface area contributed by atoms with Crippen LogP contribution in [0.25, 0.3) is 0 Å². The van der Waals surface area contributed by atoms with Crippen LogP contribution in [0.15, 0.2) is 35.0 Å². The minimum atomic E-state index is -0.705. The molecule has 0 aliphatic rings. The molecule has 5 nitrogen and oxygen atoms in total. The third kappa shape index (κ3) is 4.47. The van der Waals surface area contributed by atoms with Gasteiger partial charge in [0, 0.05) is 22.5 Å². The van der Waals surface area contributed by atoms with Gasteiger partial charge in [-0.15, -0.1) is 0 Å². The highest BCUT2D eigenvalue weighted by Gasteiger charge is 2.14. The van der Waals surface area contributed by atoms with Gasteiger partial charge in [-0.25, -0.2) is 0 Å². The maximum absolute atomic E-state index is 11.8. The van der Waals surface area contributed by atoms with E-state index in [4.69, 9.17) is 16.3 Å². The molecule has 22 heavy (non-hydrogen) atoms. The van der Waals surface area contributed by atoms with Gasteiger partial charge < -0.3 is 15.4 Å². The number of carbonyl (C=O) groups excluding carboxylic acids is 2. The van der Waals surface area contributed by atoms with Crippen molar-refractivity contribution in [1.29, 1.82) is 0 Å². The zero-order valence-electron chi connectivity index (χ0n) is 11.9. The molecule has 116 valence electrons. The fourth-order valence-electron chi connectivity index (χ4n) is 1.74. The molecule has 2 amide bonds. The van der Waals surface area contributed by atoms with Crippen LogP contribution in [0.3, 0.4) is 0 Å². The van der Waals surface area contributed by atoms with Crippen LogP contribution in [0, 0.1) is 0 Å². The molecule has 1 aromatic heterocycles. The molecule has 0 saturated carbocycles. The molecule has 1 heterocycles. The van der Waals surface area contributed by atoms with Gasteiger partial charge in [0.05, 0.1) is 12.3 Å². The van der Waals surface area contributed by atoms with E-state index in [1.807, 2.05) is 12.3 Å². The molecule has 0 spiro atoms. The molecule has 7 heteroatoms. The van der Waals surface area contributed by atoms with Gasteiger partial charge in [0.25, 0.3) is 0 Å². The van der Waals surface area contributed by atoms with Crippen molar-refractivity contribution in [3.05, 3.63) is 45.6 Å². The van der Waals surface area contributed by atoms with Gasteiger partial charge in [0.15, 0.2) is 0 Å². The first-order valence-corrected chi connectivity index (χ1v) is 7.95. The number of anilines is 1. The van der Waals surface area contributed by atoms with E-state index >= 15 is 0 Å². The van der Waals surface area contributed by atoms with Crippen LogP contribution in [0.5, 0.6) is 5.75 Å².